The topological polar surface area (TPSA) is 131 Å². The number of hydrogen-bond acceptors (Lipinski definition) is 7. The average molecular weight is 396 g/mol. The third-order valence-corrected chi connectivity index (χ3v) is 4.88. The number of aromatic nitrogens is 2. The largest absolute Gasteiger partial charge is 0.390 e. The van der Waals surface area contributed by atoms with E-state index in [1.54, 1.807) is 0 Å². The van der Waals surface area contributed by atoms with E-state index in [0.717, 1.165) is 4.57 Å². The van der Waals surface area contributed by atoms with E-state index in [0.29, 0.717) is 0 Å². The van der Waals surface area contributed by atoms with Crippen LogP contribution in [0.5, 0.6) is 0 Å². The molecule has 1 aliphatic heterocycles. The molecule has 0 spiro atoms. The number of nitrogens with zero attached hydrogens (tertiary/aromatic N) is 1. The number of ether oxygens (including phenoxy) is 1. The van der Waals surface area contributed by atoms with E-state index in [4.69, 9.17) is 9.26 Å². The fourth-order valence-electron chi connectivity index (χ4n) is 2.49. The Hall–Kier alpha value is -0.810. The number of H-pyrrole nitrogens is 1. The van der Waals surface area contributed by atoms with E-state index < -0.39 is 40.7 Å². The van der Waals surface area contributed by atoms with Crippen LogP contribution in [0.15, 0.2) is 15.8 Å². The van der Waals surface area contributed by atoms with Gasteiger partial charge in [-0.25, -0.2) is 4.79 Å². The van der Waals surface area contributed by atoms with Gasteiger partial charge in [0.15, 0.2) is 5.78 Å². The highest BCUT2D eigenvalue weighted by molar-refractivity contribution is 8.59. The lowest BCUT2D eigenvalue weighted by Crippen LogP contribution is -2.49. The number of rotatable bonds is 5. The van der Waals surface area contributed by atoms with Crippen molar-refractivity contribution in [3.8, 4) is 0 Å². The molecule has 1 aromatic rings. The maximum absolute atomic E-state index is 12.2. The number of aliphatic hydroxyl groups excluding tert-OH is 1. The summed E-state index contributed by atoms with van der Waals surface area (Å²) in [5.41, 5.74) is -6.27. The van der Waals surface area contributed by atoms with Crippen LogP contribution in [0.4, 0.5) is 0 Å². The van der Waals surface area contributed by atoms with Gasteiger partial charge in [-0.15, -0.1) is 0 Å². The zero-order chi connectivity index (χ0) is 18.3. The van der Waals surface area contributed by atoms with Crippen molar-refractivity contribution in [2.45, 2.75) is 38.2 Å². The summed E-state index contributed by atoms with van der Waals surface area (Å²) >= 11 is 8.33. The number of nitrogens with one attached hydrogen (secondary N) is 1. The summed E-state index contributed by atoms with van der Waals surface area (Å²) in [5.74, 6) is -0.535. The molecule has 9 nitrogen and oxygen atoms in total. The second-order valence-electron chi connectivity index (χ2n) is 5.50. The van der Waals surface area contributed by atoms with E-state index in [2.05, 4.69) is 29.0 Å². The van der Waals surface area contributed by atoms with Gasteiger partial charge in [0.2, 0.25) is 11.4 Å². The molecule has 1 aromatic heterocycles. The molecule has 0 saturated carbocycles. The van der Waals surface area contributed by atoms with Crippen molar-refractivity contribution in [3.63, 3.8) is 0 Å². The summed E-state index contributed by atoms with van der Waals surface area (Å²) in [6, 6.07) is 0. The minimum Gasteiger partial charge on any atom is -0.390 e. The lowest BCUT2D eigenvalue weighted by molar-refractivity contribution is -0.159. The van der Waals surface area contributed by atoms with Gasteiger partial charge in [0.1, 0.15) is 6.10 Å². The molecule has 2 heterocycles. The van der Waals surface area contributed by atoms with Crippen LogP contribution >= 0.6 is 17.9 Å². The van der Waals surface area contributed by atoms with E-state index in [1.165, 1.54) is 20.0 Å². The first kappa shape index (κ1) is 19.5. The van der Waals surface area contributed by atoms with Crippen molar-refractivity contribution in [1.82, 2.24) is 9.55 Å². The molecule has 134 valence electrons. The lowest BCUT2D eigenvalue weighted by Gasteiger charge is -2.28. The van der Waals surface area contributed by atoms with Crippen molar-refractivity contribution in [1.29, 1.82) is 0 Å². The molecule has 2 rings (SSSR count). The van der Waals surface area contributed by atoms with Crippen LogP contribution in [0.2, 0.25) is 0 Å². The predicted molar refractivity (Wildman–Crippen MR) is 91.7 cm³/mol. The summed E-state index contributed by atoms with van der Waals surface area (Å²) in [4.78, 5) is 47.3. The number of Topliss-reactive ketones (excluding diaryl/α,β-unsaturated/α-hetero) is 1. The van der Waals surface area contributed by atoms with E-state index in [-0.39, 0.29) is 18.6 Å². The molecule has 12 heteroatoms. The van der Waals surface area contributed by atoms with Gasteiger partial charge in [-0.3, -0.25) is 19.1 Å². The van der Waals surface area contributed by atoms with Crippen LogP contribution in [0, 0.1) is 6.92 Å². The standard InChI is InChI=1S/C12H17N2O7PS2/c1-6-4-14(11(18)13-10(6)17)12(7(2)15)3-8(16)9(21-12)5-20-22(19,23)24/h4,8-9,16H,3,5H2,1-2H3,(H,13,17,18)(H2,19,23,24)/t8-,9+,12-/m0/s1. The molecule has 0 radical (unpaired) electrons. The molecule has 0 bridgehead atoms. The molecule has 1 fully saturated rings. The number of carbonyl (C=O) groups excluding carboxylic acids is 1. The quantitative estimate of drug-likeness (QED) is 0.383. The first-order valence-electron chi connectivity index (χ1n) is 6.86. The Morgan fingerprint density at radius 2 is 2.29 bits per heavy atom. The van der Waals surface area contributed by atoms with Crippen LogP contribution in [0.25, 0.3) is 0 Å². The summed E-state index contributed by atoms with van der Waals surface area (Å²) in [6.07, 6.45) is -1.17. The van der Waals surface area contributed by atoms with Gasteiger partial charge >= 0.3 is 5.69 Å². The number of aliphatic hydroxyl groups is 1. The van der Waals surface area contributed by atoms with Crippen LogP contribution in [0.1, 0.15) is 18.9 Å². The number of thiol groups is 1. The molecule has 1 unspecified atom stereocenters. The summed E-state index contributed by atoms with van der Waals surface area (Å²) in [7, 11) is 0. The van der Waals surface area contributed by atoms with Crippen LogP contribution < -0.4 is 11.2 Å². The highest BCUT2D eigenvalue weighted by Gasteiger charge is 2.52. The molecule has 3 N–H and O–H groups in total. The molecule has 0 aliphatic carbocycles. The SMILES string of the molecule is CC(=O)[C@]1(n2cc(C)c(=O)[nH]c2=O)C[C@H](O)[C@@H](COP(O)(=S)S)O1. The van der Waals surface area contributed by atoms with Gasteiger partial charge in [0, 0.05) is 18.2 Å². The maximum atomic E-state index is 12.2. The van der Waals surface area contributed by atoms with Gasteiger partial charge in [-0.05, 0) is 25.7 Å². The molecular weight excluding hydrogens is 379 g/mol. The van der Waals surface area contributed by atoms with Crippen molar-refractivity contribution in [2.75, 3.05) is 6.61 Å². The Morgan fingerprint density at radius 3 is 2.83 bits per heavy atom. The third kappa shape index (κ3) is 3.88. The van der Waals surface area contributed by atoms with E-state index >= 15 is 0 Å². The van der Waals surface area contributed by atoms with Gasteiger partial charge in [-0.1, -0.05) is 12.2 Å². The summed E-state index contributed by atoms with van der Waals surface area (Å²) in [5, 5.41) is 10.2. The molecule has 4 atom stereocenters. The minimum atomic E-state index is -3.27. The molecular formula is C12H17N2O7PS2. The highest BCUT2D eigenvalue weighted by Crippen LogP contribution is 2.48. The Labute approximate surface area is 146 Å². The Bertz CT molecular complexity index is 816. The summed E-state index contributed by atoms with van der Waals surface area (Å²) in [6.45, 7) is 2.37. The van der Waals surface area contributed by atoms with Crippen molar-refractivity contribution in [3.05, 3.63) is 32.6 Å². The Balaban J connectivity index is 2.42. The smallest absolute Gasteiger partial charge is 0.331 e. The number of carbonyl (C=O) groups is 1. The molecule has 1 aliphatic rings. The van der Waals surface area contributed by atoms with Gasteiger partial charge < -0.3 is 19.3 Å². The number of aryl methyl sites for hydroxylation is 1. The third-order valence-electron chi connectivity index (χ3n) is 3.73. The van der Waals surface area contributed by atoms with Crippen LogP contribution in [0.3, 0.4) is 0 Å². The second kappa shape index (κ2) is 6.83. The monoisotopic (exact) mass is 396 g/mol. The highest BCUT2D eigenvalue weighted by atomic mass is 32.9. The number of aromatic amines is 1. The second-order valence-corrected chi connectivity index (χ2v) is 10.7. The number of ketones is 1. The predicted octanol–water partition coefficient (Wildman–Crippen LogP) is -0.600. The average Bonchev–Trinajstić information content (AvgIpc) is 2.78. The van der Waals surface area contributed by atoms with Gasteiger partial charge in [0.05, 0.1) is 12.7 Å². The number of hydrogen-bond donors (Lipinski definition) is 4. The van der Waals surface area contributed by atoms with E-state index in [9.17, 15) is 24.4 Å². The fourth-order valence-corrected chi connectivity index (χ4v) is 3.22. The molecule has 0 amide bonds. The van der Waals surface area contributed by atoms with Crippen molar-refractivity contribution >= 4 is 35.5 Å². The zero-order valence-electron chi connectivity index (χ0n) is 12.8. The first-order valence-corrected chi connectivity index (χ1v) is 10.7. The Kier molecular flexibility index (Phi) is 5.55. The summed E-state index contributed by atoms with van der Waals surface area (Å²) < 4.78 is 11.5. The first-order chi connectivity index (χ1) is 11.0. The normalized spacial score (nSPS) is 29.4. The Morgan fingerprint density at radius 1 is 1.67 bits per heavy atom. The fraction of sp³-hybridized carbons (Fsp3) is 0.583. The molecule has 0 aromatic carbocycles. The molecule has 24 heavy (non-hydrogen) atoms. The van der Waals surface area contributed by atoms with Crippen molar-refractivity contribution < 1.29 is 24.1 Å². The minimum absolute atomic E-state index is 0.203. The zero-order valence-corrected chi connectivity index (χ0v) is 15.4. The van der Waals surface area contributed by atoms with Crippen LogP contribution in [-0.2, 0) is 31.6 Å². The van der Waals surface area contributed by atoms with Gasteiger partial charge in [-0.2, -0.15) is 0 Å². The lowest BCUT2D eigenvalue weighted by atomic mass is 10.0. The van der Waals surface area contributed by atoms with Crippen LogP contribution in [-0.4, -0.2) is 44.1 Å². The van der Waals surface area contributed by atoms with E-state index in [1.807, 2.05) is 0 Å². The van der Waals surface area contributed by atoms with Gasteiger partial charge in [0.25, 0.3) is 5.56 Å². The van der Waals surface area contributed by atoms with Crippen molar-refractivity contribution in [2.24, 2.45) is 0 Å². The maximum Gasteiger partial charge on any atom is 0.331 e. The molecule has 1 saturated heterocycles.